The second kappa shape index (κ2) is 8.96. The number of amides is 1. The Hall–Kier alpha value is -2.33. The molecule has 0 fully saturated rings. The number of nitrogens with one attached hydrogen (secondary N) is 2. The summed E-state index contributed by atoms with van der Waals surface area (Å²) in [5.74, 6) is 1.28. The molecule has 0 aliphatic rings. The summed E-state index contributed by atoms with van der Waals surface area (Å²) in [6, 6.07) is 17.4. The van der Waals surface area contributed by atoms with Crippen LogP contribution in [-0.2, 0) is 11.4 Å². The van der Waals surface area contributed by atoms with Crippen LogP contribution < -0.4 is 15.4 Å². The largest absolute Gasteiger partial charge is 0.489 e. The Kier molecular flexibility index (Phi) is 6.63. The van der Waals surface area contributed by atoms with E-state index in [0.717, 1.165) is 23.5 Å². The van der Waals surface area contributed by atoms with Crippen LogP contribution in [0.15, 0.2) is 54.6 Å². The average Bonchev–Trinajstić information content (AvgIpc) is 2.55. The highest BCUT2D eigenvalue weighted by Gasteiger charge is 2.03. The van der Waals surface area contributed by atoms with Crippen molar-refractivity contribution in [2.75, 3.05) is 18.4 Å². The monoisotopic (exact) mass is 312 g/mol. The zero-order valence-corrected chi connectivity index (χ0v) is 13.7. The second-order valence-corrected chi connectivity index (χ2v) is 5.87. The van der Waals surface area contributed by atoms with E-state index in [-0.39, 0.29) is 5.91 Å². The lowest BCUT2D eigenvalue weighted by molar-refractivity contribution is -0.115. The van der Waals surface area contributed by atoms with Gasteiger partial charge in [0.05, 0.1) is 6.54 Å². The van der Waals surface area contributed by atoms with Crippen LogP contribution in [0.1, 0.15) is 19.4 Å². The summed E-state index contributed by atoms with van der Waals surface area (Å²) in [5.41, 5.74) is 1.90. The Labute approximate surface area is 137 Å². The maximum atomic E-state index is 11.8. The van der Waals surface area contributed by atoms with Crippen molar-refractivity contribution in [2.45, 2.75) is 20.5 Å². The van der Waals surface area contributed by atoms with Crippen molar-refractivity contribution in [3.63, 3.8) is 0 Å². The molecular weight excluding hydrogens is 288 g/mol. The van der Waals surface area contributed by atoms with Crippen molar-refractivity contribution >= 4 is 11.6 Å². The van der Waals surface area contributed by atoms with Gasteiger partial charge in [-0.3, -0.25) is 4.79 Å². The van der Waals surface area contributed by atoms with Gasteiger partial charge >= 0.3 is 0 Å². The fourth-order valence-corrected chi connectivity index (χ4v) is 2.05. The summed E-state index contributed by atoms with van der Waals surface area (Å²) in [6.07, 6.45) is 0. The molecule has 0 unspecified atom stereocenters. The number of anilines is 1. The molecule has 2 aromatic rings. The molecule has 0 aliphatic carbocycles. The molecule has 0 heterocycles. The molecule has 0 aliphatic heterocycles. The SMILES string of the molecule is CC(C)CNCC(=O)Nc1ccc(OCc2ccccc2)cc1. The van der Waals surface area contributed by atoms with Gasteiger partial charge in [-0.2, -0.15) is 0 Å². The second-order valence-electron chi connectivity index (χ2n) is 5.87. The lowest BCUT2D eigenvalue weighted by Gasteiger charge is -2.10. The highest BCUT2D eigenvalue weighted by Crippen LogP contribution is 2.17. The molecule has 0 atom stereocenters. The molecule has 0 radical (unpaired) electrons. The van der Waals surface area contributed by atoms with Crippen LogP contribution in [0.25, 0.3) is 0 Å². The number of hydrogen-bond donors (Lipinski definition) is 2. The molecule has 2 rings (SSSR count). The Morgan fingerprint density at radius 1 is 1.04 bits per heavy atom. The highest BCUT2D eigenvalue weighted by atomic mass is 16.5. The van der Waals surface area contributed by atoms with E-state index < -0.39 is 0 Å². The third kappa shape index (κ3) is 6.53. The quantitative estimate of drug-likeness (QED) is 0.785. The number of benzene rings is 2. The molecule has 23 heavy (non-hydrogen) atoms. The van der Waals surface area contributed by atoms with Gasteiger partial charge in [-0.1, -0.05) is 44.2 Å². The van der Waals surface area contributed by atoms with Gasteiger partial charge < -0.3 is 15.4 Å². The van der Waals surface area contributed by atoms with Gasteiger partial charge in [0, 0.05) is 5.69 Å². The van der Waals surface area contributed by atoms with Crippen molar-refractivity contribution in [2.24, 2.45) is 5.92 Å². The normalized spacial score (nSPS) is 10.6. The fourth-order valence-electron chi connectivity index (χ4n) is 2.05. The van der Waals surface area contributed by atoms with Crippen molar-refractivity contribution in [1.29, 1.82) is 0 Å². The first kappa shape index (κ1) is 17.0. The third-order valence-electron chi connectivity index (χ3n) is 3.22. The highest BCUT2D eigenvalue weighted by molar-refractivity contribution is 5.92. The minimum atomic E-state index is -0.0383. The van der Waals surface area contributed by atoms with Crippen LogP contribution in [0, 0.1) is 5.92 Å². The van der Waals surface area contributed by atoms with Crippen molar-refractivity contribution in [3.8, 4) is 5.75 Å². The number of carbonyl (C=O) groups is 1. The molecule has 0 bridgehead atoms. The first-order valence-corrected chi connectivity index (χ1v) is 7.91. The number of rotatable bonds is 8. The first-order valence-electron chi connectivity index (χ1n) is 7.91. The summed E-state index contributed by atoms with van der Waals surface area (Å²) in [4.78, 5) is 11.8. The lowest BCUT2D eigenvalue weighted by Crippen LogP contribution is -2.30. The Morgan fingerprint density at radius 2 is 1.74 bits per heavy atom. The average molecular weight is 312 g/mol. The van der Waals surface area contributed by atoms with E-state index in [1.54, 1.807) is 0 Å². The van der Waals surface area contributed by atoms with E-state index in [2.05, 4.69) is 24.5 Å². The van der Waals surface area contributed by atoms with Crippen LogP contribution in [0.5, 0.6) is 5.75 Å². The van der Waals surface area contributed by atoms with Crippen molar-refractivity contribution in [3.05, 3.63) is 60.2 Å². The van der Waals surface area contributed by atoms with Crippen LogP contribution in [0.3, 0.4) is 0 Å². The Morgan fingerprint density at radius 3 is 2.39 bits per heavy atom. The van der Waals surface area contributed by atoms with Crippen LogP contribution in [0.2, 0.25) is 0 Å². The van der Waals surface area contributed by atoms with E-state index in [4.69, 9.17) is 4.74 Å². The molecule has 2 N–H and O–H groups in total. The third-order valence-corrected chi connectivity index (χ3v) is 3.22. The summed E-state index contributed by atoms with van der Waals surface area (Å²) in [5, 5.41) is 5.98. The van der Waals surface area contributed by atoms with Gasteiger partial charge in [0.25, 0.3) is 0 Å². The molecule has 0 spiro atoms. The first-order chi connectivity index (χ1) is 11.1. The lowest BCUT2D eigenvalue weighted by atomic mass is 10.2. The molecule has 4 nitrogen and oxygen atoms in total. The summed E-state index contributed by atoms with van der Waals surface area (Å²) in [6.45, 7) is 5.91. The standard InChI is InChI=1S/C19H24N2O2/c1-15(2)12-20-13-19(22)21-17-8-10-18(11-9-17)23-14-16-6-4-3-5-7-16/h3-11,15,20H,12-14H2,1-2H3,(H,21,22). The Balaban J connectivity index is 1.76. The van der Waals surface area contributed by atoms with E-state index >= 15 is 0 Å². The zero-order chi connectivity index (χ0) is 16.5. The maximum Gasteiger partial charge on any atom is 0.238 e. The number of ether oxygens (including phenoxy) is 1. The maximum absolute atomic E-state index is 11.8. The van der Waals surface area contributed by atoms with Gasteiger partial charge in [0.2, 0.25) is 5.91 Å². The summed E-state index contributed by atoms with van der Waals surface area (Å²) in [7, 11) is 0. The molecule has 122 valence electrons. The summed E-state index contributed by atoms with van der Waals surface area (Å²) >= 11 is 0. The van der Waals surface area contributed by atoms with Crippen LogP contribution in [-0.4, -0.2) is 19.0 Å². The van der Waals surface area contributed by atoms with Crippen LogP contribution >= 0.6 is 0 Å². The van der Waals surface area contributed by atoms with Gasteiger partial charge in [-0.05, 0) is 42.3 Å². The van der Waals surface area contributed by atoms with Crippen molar-refractivity contribution in [1.82, 2.24) is 5.32 Å². The molecule has 0 saturated carbocycles. The fraction of sp³-hybridized carbons (Fsp3) is 0.316. The van der Waals surface area contributed by atoms with E-state index in [1.165, 1.54) is 0 Å². The van der Waals surface area contributed by atoms with Gasteiger partial charge in [0.1, 0.15) is 12.4 Å². The summed E-state index contributed by atoms with van der Waals surface area (Å²) < 4.78 is 5.72. The zero-order valence-electron chi connectivity index (χ0n) is 13.7. The molecule has 1 amide bonds. The minimum Gasteiger partial charge on any atom is -0.489 e. The van der Waals surface area contributed by atoms with Crippen LogP contribution in [0.4, 0.5) is 5.69 Å². The van der Waals surface area contributed by atoms with Gasteiger partial charge in [0.15, 0.2) is 0 Å². The minimum absolute atomic E-state index is 0.0383. The van der Waals surface area contributed by atoms with Gasteiger partial charge in [-0.25, -0.2) is 0 Å². The van der Waals surface area contributed by atoms with Crippen molar-refractivity contribution < 1.29 is 9.53 Å². The smallest absolute Gasteiger partial charge is 0.238 e. The van der Waals surface area contributed by atoms with E-state index in [9.17, 15) is 4.79 Å². The number of hydrogen-bond acceptors (Lipinski definition) is 3. The topological polar surface area (TPSA) is 50.4 Å². The van der Waals surface area contributed by atoms with E-state index in [1.807, 2.05) is 54.6 Å². The Bertz CT molecular complexity index is 595. The molecule has 0 saturated heterocycles. The predicted molar refractivity (Wildman–Crippen MR) is 93.6 cm³/mol. The molecule has 0 aromatic heterocycles. The van der Waals surface area contributed by atoms with Gasteiger partial charge in [-0.15, -0.1) is 0 Å². The predicted octanol–water partition coefficient (Wildman–Crippen LogP) is 3.45. The van der Waals surface area contributed by atoms with E-state index in [0.29, 0.717) is 19.1 Å². The number of carbonyl (C=O) groups excluding carboxylic acids is 1. The molecular formula is C19H24N2O2. The molecule has 2 aromatic carbocycles. The molecule has 4 heteroatoms.